The summed E-state index contributed by atoms with van der Waals surface area (Å²) in [7, 11) is -7.21. The number of benzene rings is 3. The molecular formula is C51H60Cl2N8O13S3. The van der Waals surface area contributed by atoms with Crippen LogP contribution in [-0.4, -0.2) is 105 Å². The van der Waals surface area contributed by atoms with E-state index in [4.69, 9.17) is 51.6 Å². The molecule has 3 fully saturated rings. The minimum absolute atomic E-state index is 0.00624. The molecule has 2 saturated carbocycles. The van der Waals surface area contributed by atoms with Crippen LogP contribution in [0.2, 0.25) is 10.0 Å². The zero-order chi connectivity index (χ0) is 56.0. The molecule has 8 rings (SSSR count). The zero-order valence-corrected chi connectivity index (χ0v) is 46.9. The highest BCUT2D eigenvalue weighted by Gasteiger charge is 2.62. The van der Waals surface area contributed by atoms with E-state index in [0.29, 0.717) is 38.9 Å². The van der Waals surface area contributed by atoms with Crippen molar-refractivity contribution in [2.45, 2.75) is 109 Å². The van der Waals surface area contributed by atoms with Crippen molar-refractivity contribution >= 4 is 95.0 Å². The van der Waals surface area contributed by atoms with Crippen LogP contribution in [0.25, 0.3) is 22.3 Å². The van der Waals surface area contributed by atoms with E-state index in [2.05, 4.69) is 31.9 Å². The summed E-state index contributed by atoms with van der Waals surface area (Å²) in [5.74, 6) is -2.31. The lowest BCUT2D eigenvalue weighted by atomic mass is 9.85. The van der Waals surface area contributed by atoms with E-state index in [1.165, 1.54) is 52.6 Å². The summed E-state index contributed by atoms with van der Waals surface area (Å²) in [6.07, 6.45) is 2.87. The van der Waals surface area contributed by atoms with Gasteiger partial charge in [-0.1, -0.05) is 74.3 Å². The van der Waals surface area contributed by atoms with Gasteiger partial charge in [-0.15, -0.1) is 17.9 Å². The van der Waals surface area contributed by atoms with E-state index in [9.17, 15) is 36.0 Å². The number of carbonyl (C=O) groups excluding carboxylic acids is 4. The average Bonchev–Trinajstić information content (AvgIpc) is 3.80. The van der Waals surface area contributed by atoms with Crippen molar-refractivity contribution < 1.29 is 58.6 Å². The number of pyridine rings is 1. The summed E-state index contributed by atoms with van der Waals surface area (Å²) >= 11 is 13.1. The van der Waals surface area contributed by atoms with Crippen molar-refractivity contribution in [3.63, 3.8) is 0 Å². The standard InChI is InChI=1S/C45H54ClN7O10S2.C6H6ClNO3S/c1-8-26-22-45(26,41(56)52-65(58,59)63-36-16-12-11-15-31(36)46)51-39(54)35-20-29(23-53(35)40(55)38(44(4,5)6)50-43(57)62-27-13-9-10-14-27)61-37-21-33(34-24-64-42(49-34)47-25(2)3)48-32-19-28(60-7)17-18-30(32)37;7-5-3-1-2-4-6(5)11-12(8,9)10/h8,11-12,15-19,21,24-27,29,35,38H,1,9-10,13-14,20,22-23H2,2-7H3,(H,47,49)(H,50,57)(H,51,54)(H,52,56);1-4H,(H2,8,9,10)/t26-,29-,35+,38-,45-;/m1./s1. The third-order valence-electron chi connectivity index (χ3n) is 12.6. The molecule has 77 heavy (non-hydrogen) atoms. The van der Waals surface area contributed by atoms with Gasteiger partial charge in [-0.3, -0.25) is 14.4 Å². The number of nitrogens with two attached hydrogens (primary N) is 1. The van der Waals surface area contributed by atoms with Gasteiger partial charge in [0.25, 0.3) is 5.91 Å². The molecular weight excluding hydrogens is 1100 g/mol. The summed E-state index contributed by atoms with van der Waals surface area (Å²) in [5.41, 5.74) is -0.966. The highest BCUT2D eigenvalue weighted by molar-refractivity contribution is 7.85. The van der Waals surface area contributed by atoms with Gasteiger partial charge in [0.2, 0.25) is 11.8 Å². The lowest BCUT2D eigenvalue weighted by molar-refractivity contribution is -0.143. The number of amides is 4. The number of likely N-dealkylation sites (tertiary alicyclic amines) is 1. The van der Waals surface area contributed by atoms with Gasteiger partial charge in [-0.05, 0) is 87.8 Å². The molecule has 0 bridgehead atoms. The van der Waals surface area contributed by atoms with Gasteiger partial charge >= 0.3 is 26.7 Å². The molecule has 21 nitrogen and oxygen atoms in total. The highest BCUT2D eigenvalue weighted by atomic mass is 35.5. The molecule has 0 unspecified atom stereocenters. The Hall–Kier alpha value is -6.44. The van der Waals surface area contributed by atoms with Gasteiger partial charge in [-0.2, -0.15) is 22.0 Å². The van der Waals surface area contributed by atoms with Crippen LogP contribution in [0.4, 0.5) is 9.93 Å². The molecule has 5 aromatic rings. The first-order chi connectivity index (χ1) is 36.3. The van der Waals surface area contributed by atoms with Crippen LogP contribution >= 0.6 is 34.5 Å². The van der Waals surface area contributed by atoms with E-state index in [1.807, 2.05) is 23.9 Å². The van der Waals surface area contributed by atoms with Gasteiger partial charge in [0.1, 0.15) is 47.0 Å². The van der Waals surface area contributed by atoms with Gasteiger partial charge in [0, 0.05) is 41.3 Å². The predicted octanol–water partition coefficient (Wildman–Crippen LogP) is 7.70. The molecule has 4 amide bonds. The highest BCUT2D eigenvalue weighted by Crippen LogP contribution is 2.45. The summed E-state index contributed by atoms with van der Waals surface area (Å²) in [4.78, 5) is 67.7. The average molecular weight is 1160 g/mol. The van der Waals surface area contributed by atoms with Crippen LogP contribution < -0.4 is 43.7 Å². The summed E-state index contributed by atoms with van der Waals surface area (Å²) in [5, 5.41) is 16.9. The first kappa shape index (κ1) is 58.2. The number of hydrogen-bond acceptors (Lipinski definition) is 17. The zero-order valence-electron chi connectivity index (χ0n) is 42.9. The van der Waals surface area contributed by atoms with Crippen molar-refractivity contribution in [2.24, 2.45) is 16.5 Å². The maximum atomic E-state index is 14.9. The predicted molar refractivity (Wildman–Crippen MR) is 291 cm³/mol. The maximum Gasteiger partial charge on any atom is 0.409 e. The largest absolute Gasteiger partial charge is 0.497 e. The molecule has 1 saturated heterocycles. The number of hydrogen-bond donors (Lipinski definition) is 5. The second-order valence-electron chi connectivity index (χ2n) is 19.9. The molecule has 3 heterocycles. The number of methoxy groups -OCH3 is 1. The van der Waals surface area contributed by atoms with Crippen molar-refractivity contribution in [1.29, 1.82) is 0 Å². The van der Waals surface area contributed by atoms with Gasteiger partial charge < -0.3 is 43.4 Å². The number of rotatable bonds is 18. The lowest BCUT2D eigenvalue weighted by Crippen LogP contribution is -2.60. The molecule has 3 aromatic carbocycles. The number of ether oxygens (including phenoxy) is 3. The molecule has 0 spiro atoms. The van der Waals surface area contributed by atoms with E-state index < -0.39 is 79.5 Å². The molecule has 2 aliphatic carbocycles. The molecule has 2 aromatic heterocycles. The minimum Gasteiger partial charge on any atom is -0.497 e. The Labute approximate surface area is 461 Å². The van der Waals surface area contributed by atoms with Crippen LogP contribution in [0.15, 0.2) is 90.8 Å². The number of thiazole rings is 1. The Morgan fingerprint density at radius 3 is 2.13 bits per heavy atom. The topological polar surface area (TPSA) is 286 Å². The second-order valence-corrected chi connectivity index (χ2v) is 24.0. The fourth-order valence-electron chi connectivity index (χ4n) is 8.75. The molecule has 1 aliphatic heterocycles. The normalized spacial score (nSPS) is 19.8. The third kappa shape index (κ3) is 15.0. The second kappa shape index (κ2) is 24.1. The lowest BCUT2D eigenvalue weighted by Gasteiger charge is -2.35. The molecule has 0 radical (unpaired) electrons. The number of halogens is 2. The van der Waals surface area contributed by atoms with E-state index >= 15 is 0 Å². The van der Waals surface area contributed by atoms with Crippen LogP contribution in [0.3, 0.4) is 0 Å². The minimum atomic E-state index is -4.78. The first-order valence-electron chi connectivity index (χ1n) is 24.4. The quantitative estimate of drug-likeness (QED) is 0.0525. The van der Waals surface area contributed by atoms with Gasteiger partial charge in [-0.25, -0.2) is 19.5 Å². The molecule has 3 aliphatic rings. The number of alkyl carbamates (subject to hydrolysis) is 1. The fraction of sp³-hybridized carbons (Fsp3) is 0.412. The summed E-state index contributed by atoms with van der Waals surface area (Å²) in [6, 6.07) is 16.8. The molecule has 6 N–H and O–H groups in total. The number of fused-ring (bicyclic) bond motifs is 1. The van der Waals surface area contributed by atoms with E-state index in [-0.39, 0.29) is 53.1 Å². The Morgan fingerprint density at radius 2 is 1.55 bits per heavy atom. The molecule has 5 atom stereocenters. The summed E-state index contributed by atoms with van der Waals surface area (Å²) in [6.45, 7) is 13.1. The monoisotopic (exact) mass is 1160 g/mol. The van der Waals surface area contributed by atoms with Crippen molar-refractivity contribution in [3.8, 4) is 34.4 Å². The van der Waals surface area contributed by atoms with Crippen LogP contribution in [0, 0.1) is 11.3 Å². The van der Waals surface area contributed by atoms with Crippen molar-refractivity contribution in [3.05, 3.63) is 101 Å². The Morgan fingerprint density at radius 1 is 0.896 bits per heavy atom. The number of nitrogens with one attached hydrogen (secondary N) is 4. The molecule has 414 valence electrons. The van der Waals surface area contributed by atoms with Crippen molar-refractivity contribution in [1.82, 2.24) is 30.2 Å². The number of nitrogens with zero attached hydrogens (tertiary/aromatic N) is 3. The van der Waals surface area contributed by atoms with E-state index in [0.717, 1.165) is 25.7 Å². The third-order valence-corrected chi connectivity index (χ3v) is 15.2. The van der Waals surface area contributed by atoms with Gasteiger partial charge in [0.05, 0.1) is 34.9 Å². The SMILES string of the molecule is C=C[C@@H]1C[C@]1(NC(=O)[C@@H]1C[C@@H](Oc2cc(-c3csc(NC(C)C)n3)nc3cc(OC)ccc23)CN1C(=O)[C@@H](NC(=O)OC1CCCC1)C(C)(C)C)C(=O)NS(=O)(=O)Oc1ccccc1Cl.NS(=O)(=O)Oc1ccccc1Cl. The first-order valence-corrected chi connectivity index (χ1v) is 28.9. The van der Waals surface area contributed by atoms with Crippen LogP contribution in [0.1, 0.15) is 73.1 Å². The van der Waals surface area contributed by atoms with Gasteiger partial charge in [0.15, 0.2) is 16.6 Å². The van der Waals surface area contributed by atoms with E-state index in [1.54, 1.807) is 70.3 Å². The van der Waals surface area contributed by atoms with Crippen molar-refractivity contribution in [2.75, 3.05) is 19.0 Å². The Kier molecular flexibility index (Phi) is 18.2. The van der Waals surface area contributed by atoms with Crippen LogP contribution in [-0.2, 0) is 39.7 Å². The number of aromatic nitrogens is 2. The number of anilines is 1. The fourth-order valence-corrected chi connectivity index (χ4v) is 11.3. The summed E-state index contributed by atoms with van der Waals surface area (Å²) < 4.78 is 76.4. The Balaban J connectivity index is 0.000000633. The number of para-hydroxylation sites is 2. The number of carbonyl (C=O) groups is 4. The van der Waals surface area contributed by atoms with Crippen LogP contribution in [0.5, 0.6) is 23.0 Å². The Bertz CT molecular complexity index is 3240. The maximum absolute atomic E-state index is 14.9. The molecule has 26 heteroatoms. The smallest absolute Gasteiger partial charge is 0.409 e.